The predicted molar refractivity (Wildman–Crippen MR) is 103 cm³/mol. The largest absolute Gasteiger partial charge is 0.484 e. The first-order chi connectivity index (χ1) is 13.2. The van der Waals surface area contributed by atoms with Crippen molar-refractivity contribution in [1.29, 1.82) is 0 Å². The molecule has 27 heavy (non-hydrogen) atoms. The van der Waals surface area contributed by atoms with Crippen LogP contribution in [0.4, 0.5) is 11.4 Å². The molecule has 0 bridgehead atoms. The summed E-state index contributed by atoms with van der Waals surface area (Å²) in [6, 6.07) is 13.2. The highest BCUT2D eigenvalue weighted by atomic mass is 16.7. The lowest BCUT2D eigenvalue weighted by atomic mass is 10.2. The molecular formula is C20H23N3O4. The summed E-state index contributed by atoms with van der Waals surface area (Å²) in [6.45, 7) is 4.31. The second-order valence-corrected chi connectivity index (χ2v) is 6.69. The fraction of sp³-hybridized carbons (Fsp3) is 0.350. The van der Waals surface area contributed by atoms with Gasteiger partial charge in [0, 0.05) is 43.6 Å². The van der Waals surface area contributed by atoms with Crippen LogP contribution < -0.4 is 24.4 Å². The summed E-state index contributed by atoms with van der Waals surface area (Å²) < 4.78 is 16.1. The number of likely N-dealkylation sites (N-methyl/N-ethyl adjacent to an activating group) is 1. The van der Waals surface area contributed by atoms with E-state index in [1.54, 1.807) is 18.2 Å². The molecule has 0 saturated carbocycles. The van der Waals surface area contributed by atoms with Gasteiger partial charge in [0.15, 0.2) is 18.1 Å². The van der Waals surface area contributed by atoms with Crippen molar-refractivity contribution in [1.82, 2.24) is 4.90 Å². The number of ether oxygens (including phenoxy) is 3. The summed E-state index contributed by atoms with van der Waals surface area (Å²) in [5.74, 6) is 1.68. The Bertz CT molecular complexity index is 801. The molecule has 0 unspecified atom stereocenters. The van der Waals surface area contributed by atoms with Gasteiger partial charge in [-0.1, -0.05) is 0 Å². The Morgan fingerprint density at radius 2 is 1.78 bits per heavy atom. The molecule has 0 atom stereocenters. The number of nitrogens with zero attached hydrogens (tertiary/aromatic N) is 2. The Balaban J connectivity index is 1.28. The molecule has 1 fully saturated rings. The number of rotatable bonds is 5. The van der Waals surface area contributed by atoms with Crippen molar-refractivity contribution in [3.63, 3.8) is 0 Å². The first-order valence-corrected chi connectivity index (χ1v) is 9.03. The van der Waals surface area contributed by atoms with Gasteiger partial charge in [-0.2, -0.15) is 0 Å². The van der Waals surface area contributed by atoms with Crippen LogP contribution in [0.3, 0.4) is 0 Å². The third-order valence-electron chi connectivity index (χ3n) is 4.73. The molecule has 7 nitrogen and oxygen atoms in total. The molecule has 2 aliphatic rings. The molecule has 4 rings (SSSR count). The van der Waals surface area contributed by atoms with E-state index in [1.165, 1.54) is 5.69 Å². The van der Waals surface area contributed by atoms with Gasteiger partial charge in [-0.25, -0.2) is 0 Å². The smallest absolute Gasteiger partial charge is 0.262 e. The van der Waals surface area contributed by atoms with Crippen molar-refractivity contribution in [2.24, 2.45) is 0 Å². The molecule has 2 aliphatic heterocycles. The van der Waals surface area contributed by atoms with Crippen LogP contribution in [0.5, 0.6) is 17.2 Å². The van der Waals surface area contributed by atoms with Crippen molar-refractivity contribution in [3.05, 3.63) is 42.5 Å². The van der Waals surface area contributed by atoms with Gasteiger partial charge >= 0.3 is 0 Å². The average Bonchev–Trinajstić information content (AvgIpc) is 3.15. The van der Waals surface area contributed by atoms with Gasteiger partial charge in [-0.3, -0.25) is 4.79 Å². The van der Waals surface area contributed by atoms with Gasteiger partial charge in [0.25, 0.3) is 5.91 Å². The summed E-state index contributed by atoms with van der Waals surface area (Å²) in [6.07, 6.45) is 0. The number of carbonyl (C=O) groups is 1. The lowest BCUT2D eigenvalue weighted by molar-refractivity contribution is -0.118. The van der Waals surface area contributed by atoms with Crippen LogP contribution in [0.15, 0.2) is 42.5 Å². The maximum absolute atomic E-state index is 12.1. The molecule has 1 saturated heterocycles. The molecule has 2 aromatic carbocycles. The highest BCUT2D eigenvalue weighted by Crippen LogP contribution is 2.35. The third-order valence-corrected chi connectivity index (χ3v) is 4.73. The van der Waals surface area contributed by atoms with Crippen LogP contribution in [-0.2, 0) is 4.79 Å². The van der Waals surface area contributed by atoms with Gasteiger partial charge < -0.3 is 29.3 Å². The summed E-state index contributed by atoms with van der Waals surface area (Å²) in [4.78, 5) is 16.8. The van der Waals surface area contributed by atoms with Crippen LogP contribution >= 0.6 is 0 Å². The van der Waals surface area contributed by atoms with Crippen molar-refractivity contribution in [2.45, 2.75) is 0 Å². The van der Waals surface area contributed by atoms with Crippen LogP contribution in [0, 0.1) is 0 Å². The summed E-state index contributed by atoms with van der Waals surface area (Å²) in [5.41, 5.74) is 1.94. The predicted octanol–water partition coefficient (Wildman–Crippen LogP) is 2.18. The normalized spacial score (nSPS) is 16.3. The Labute approximate surface area is 158 Å². The van der Waals surface area contributed by atoms with Crippen LogP contribution in [0.2, 0.25) is 0 Å². The van der Waals surface area contributed by atoms with Gasteiger partial charge in [-0.05, 0) is 43.4 Å². The van der Waals surface area contributed by atoms with Crippen LogP contribution in [-0.4, -0.2) is 57.4 Å². The third kappa shape index (κ3) is 4.25. The molecule has 142 valence electrons. The van der Waals surface area contributed by atoms with E-state index in [2.05, 4.69) is 22.2 Å². The standard InChI is InChI=1S/C20H23N3O4/c1-22-8-10-23(11-9-22)16-4-2-15(3-5-16)21-20(24)13-25-17-6-7-18-19(12-17)27-14-26-18/h2-7,12H,8-11,13-14H2,1H3,(H,21,24). The maximum Gasteiger partial charge on any atom is 0.262 e. The minimum Gasteiger partial charge on any atom is -0.484 e. The highest BCUT2D eigenvalue weighted by molar-refractivity contribution is 5.92. The van der Waals surface area contributed by atoms with E-state index in [9.17, 15) is 4.79 Å². The molecule has 0 radical (unpaired) electrons. The molecule has 2 aromatic rings. The van der Waals surface area contributed by atoms with E-state index in [0.717, 1.165) is 31.9 Å². The first kappa shape index (κ1) is 17.5. The second-order valence-electron chi connectivity index (χ2n) is 6.69. The molecule has 2 heterocycles. The fourth-order valence-corrected chi connectivity index (χ4v) is 3.13. The fourth-order valence-electron chi connectivity index (χ4n) is 3.13. The van der Waals surface area contributed by atoms with E-state index in [4.69, 9.17) is 14.2 Å². The first-order valence-electron chi connectivity index (χ1n) is 9.03. The molecule has 1 amide bonds. The number of hydrogen-bond donors (Lipinski definition) is 1. The quantitative estimate of drug-likeness (QED) is 0.872. The van der Waals surface area contributed by atoms with Crippen LogP contribution in [0.1, 0.15) is 0 Å². The number of benzene rings is 2. The van der Waals surface area contributed by atoms with Gasteiger partial charge in [-0.15, -0.1) is 0 Å². The lowest BCUT2D eigenvalue weighted by Gasteiger charge is -2.34. The van der Waals surface area contributed by atoms with Gasteiger partial charge in [0.1, 0.15) is 5.75 Å². The molecule has 0 spiro atoms. The van der Waals surface area contributed by atoms with Crippen LogP contribution in [0.25, 0.3) is 0 Å². The number of fused-ring (bicyclic) bond motifs is 1. The minimum atomic E-state index is -0.208. The summed E-state index contributed by atoms with van der Waals surface area (Å²) >= 11 is 0. The molecule has 1 N–H and O–H groups in total. The number of anilines is 2. The maximum atomic E-state index is 12.1. The Morgan fingerprint density at radius 1 is 1.04 bits per heavy atom. The van der Waals surface area contributed by atoms with E-state index in [1.807, 2.05) is 24.3 Å². The average molecular weight is 369 g/mol. The molecule has 0 aliphatic carbocycles. The van der Waals surface area contributed by atoms with Crippen molar-refractivity contribution < 1.29 is 19.0 Å². The van der Waals surface area contributed by atoms with Gasteiger partial charge in [0.05, 0.1) is 0 Å². The van der Waals surface area contributed by atoms with Gasteiger partial charge in [0.2, 0.25) is 6.79 Å². The number of hydrogen-bond acceptors (Lipinski definition) is 6. The highest BCUT2D eigenvalue weighted by Gasteiger charge is 2.15. The zero-order chi connectivity index (χ0) is 18.6. The summed E-state index contributed by atoms with van der Waals surface area (Å²) in [5, 5.41) is 2.86. The topological polar surface area (TPSA) is 63.3 Å². The Morgan fingerprint density at radius 3 is 2.56 bits per heavy atom. The van der Waals surface area contributed by atoms with E-state index in [-0.39, 0.29) is 19.3 Å². The lowest BCUT2D eigenvalue weighted by Crippen LogP contribution is -2.44. The number of amides is 1. The van der Waals surface area contributed by atoms with Crippen molar-refractivity contribution in [2.75, 3.05) is 56.8 Å². The van der Waals surface area contributed by atoms with E-state index < -0.39 is 0 Å². The van der Waals surface area contributed by atoms with E-state index in [0.29, 0.717) is 17.2 Å². The number of piperazine rings is 1. The van der Waals surface area contributed by atoms with Crippen molar-refractivity contribution in [3.8, 4) is 17.2 Å². The molecule has 0 aromatic heterocycles. The summed E-state index contributed by atoms with van der Waals surface area (Å²) in [7, 11) is 2.14. The SMILES string of the molecule is CN1CCN(c2ccc(NC(=O)COc3ccc4c(c3)OCO4)cc2)CC1. The number of nitrogens with one attached hydrogen (secondary N) is 1. The number of carbonyl (C=O) groups excluding carboxylic acids is 1. The monoisotopic (exact) mass is 369 g/mol. The molecular weight excluding hydrogens is 346 g/mol. The molecule has 7 heteroatoms. The zero-order valence-electron chi connectivity index (χ0n) is 15.3. The Hall–Kier alpha value is -2.93. The zero-order valence-corrected chi connectivity index (χ0v) is 15.3. The Kier molecular flexibility index (Phi) is 5.02. The van der Waals surface area contributed by atoms with Crippen molar-refractivity contribution >= 4 is 17.3 Å². The second kappa shape index (κ2) is 7.75. The van der Waals surface area contributed by atoms with E-state index >= 15 is 0 Å². The minimum absolute atomic E-state index is 0.0696.